The standard InChI is InChI=1S/C26H24ClN3O4S/c1-5-20-19-14-11-16(3)17(4)23(19)28-25-26(20,30(31)32)21-7-6-8-22(27)24(21)29(25)35(33,34)18-12-9-15(2)10-13-18/h5-14,20,25,28H,1H2,2-4H3/t20-,25-,26-/m1/s1. The highest BCUT2D eigenvalue weighted by Gasteiger charge is 2.70. The molecule has 2 heterocycles. The van der Waals surface area contributed by atoms with Crippen LogP contribution >= 0.6 is 11.6 Å². The van der Waals surface area contributed by atoms with E-state index in [9.17, 15) is 18.5 Å². The van der Waals surface area contributed by atoms with Crippen molar-refractivity contribution in [3.8, 4) is 0 Å². The van der Waals surface area contributed by atoms with Crippen LogP contribution in [0, 0.1) is 30.9 Å². The van der Waals surface area contributed by atoms with Gasteiger partial charge in [0.1, 0.15) is 0 Å². The van der Waals surface area contributed by atoms with Crippen LogP contribution in [0.25, 0.3) is 0 Å². The summed E-state index contributed by atoms with van der Waals surface area (Å²) < 4.78 is 29.3. The number of rotatable bonds is 4. The summed E-state index contributed by atoms with van der Waals surface area (Å²) in [4.78, 5) is 12.7. The molecular weight excluding hydrogens is 486 g/mol. The van der Waals surface area contributed by atoms with Gasteiger partial charge in [-0.3, -0.25) is 10.1 Å². The van der Waals surface area contributed by atoms with Crippen molar-refractivity contribution in [2.75, 3.05) is 9.62 Å². The SMILES string of the molecule is C=C[C@@H]1c2ccc(C)c(C)c2N[C@@H]2N(S(=O)(=O)c3ccc(C)cc3)c3c(Cl)cccc3[C@]12[N+](=O)[O-]. The van der Waals surface area contributed by atoms with E-state index in [-0.39, 0.29) is 21.2 Å². The second-order valence-electron chi connectivity index (χ2n) is 9.06. The van der Waals surface area contributed by atoms with E-state index in [0.717, 1.165) is 21.0 Å². The molecule has 0 unspecified atom stereocenters. The quantitative estimate of drug-likeness (QED) is 0.278. The molecule has 35 heavy (non-hydrogen) atoms. The average molecular weight is 510 g/mol. The number of anilines is 2. The zero-order chi connectivity index (χ0) is 25.3. The highest BCUT2D eigenvalue weighted by Crippen LogP contribution is 2.60. The second-order valence-corrected chi connectivity index (χ2v) is 11.3. The van der Waals surface area contributed by atoms with Crippen molar-refractivity contribution in [2.24, 2.45) is 0 Å². The number of halogens is 1. The first-order valence-electron chi connectivity index (χ1n) is 11.1. The number of hydrogen-bond acceptors (Lipinski definition) is 5. The Hall–Kier alpha value is -3.36. The predicted octanol–water partition coefficient (Wildman–Crippen LogP) is 5.67. The Labute approximate surface area is 209 Å². The average Bonchev–Trinajstić information content (AvgIpc) is 3.14. The fraction of sp³-hybridized carbons (Fsp3) is 0.231. The van der Waals surface area contributed by atoms with Crippen LogP contribution in [0.3, 0.4) is 0 Å². The summed E-state index contributed by atoms with van der Waals surface area (Å²) in [6.45, 7) is 9.65. The van der Waals surface area contributed by atoms with Crippen molar-refractivity contribution in [2.45, 2.75) is 43.3 Å². The normalized spacial score (nSPS) is 22.6. The maximum atomic E-state index is 14.1. The van der Waals surface area contributed by atoms with E-state index in [2.05, 4.69) is 11.9 Å². The smallest absolute Gasteiger partial charge is 0.298 e. The molecule has 3 aromatic rings. The van der Waals surface area contributed by atoms with E-state index in [0.29, 0.717) is 11.3 Å². The van der Waals surface area contributed by atoms with Gasteiger partial charge in [0.2, 0.25) is 0 Å². The monoisotopic (exact) mass is 509 g/mol. The third-order valence-electron chi connectivity index (χ3n) is 7.26. The number of hydrogen-bond donors (Lipinski definition) is 1. The summed E-state index contributed by atoms with van der Waals surface area (Å²) in [6.07, 6.45) is 0.270. The minimum Gasteiger partial charge on any atom is -0.358 e. The first-order valence-corrected chi connectivity index (χ1v) is 12.9. The van der Waals surface area contributed by atoms with Crippen LogP contribution in [0.1, 0.15) is 33.7 Å². The van der Waals surface area contributed by atoms with Gasteiger partial charge in [0.05, 0.1) is 27.1 Å². The van der Waals surface area contributed by atoms with Crippen LogP contribution < -0.4 is 9.62 Å². The molecule has 0 amide bonds. The Morgan fingerprint density at radius 3 is 2.43 bits per heavy atom. The van der Waals surface area contributed by atoms with E-state index in [1.54, 1.807) is 30.3 Å². The van der Waals surface area contributed by atoms with Gasteiger partial charge in [-0.15, -0.1) is 6.58 Å². The maximum Gasteiger partial charge on any atom is 0.298 e. The molecule has 7 nitrogen and oxygen atoms in total. The molecule has 1 N–H and O–H groups in total. The first kappa shape index (κ1) is 23.4. The molecular formula is C26H24ClN3O4S. The predicted molar refractivity (Wildman–Crippen MR) is 137 cm³/mol. The summed E-state index contributed by atoms with van der Waals surface area (Å²) in [5, 5.41) is 16.5. The third kappa shape index (κ3) is 2.99. The fourth-order valence-corrected chi connectivity index (χ4v) is 7.34. The number of sulfonamides is 1. The highest BCUT2D eigenvalue weighted by molar-refractivity contribution is 7.93. The molecule has 9 heteroatoms. The number of nitrogens with one attached hydrogen (secondary N) is 1. The largest absolute Gasteiger partial charge is 0.358 e. The Balaban J connectivity index is 1.88. The van der Waals surface area contributed by atoms with E-state index < -0.39 is 32.6 Å². The molecule has 5 rings (SSSR count). The molecule has 180 valence electrons. The van der Waals surface area contributed by atoms with Crippen molar-refractivity contribution in [3.05, 3.63) is 110 Å². The lowest BCUT2D eigenvalue weighted by atomic mass is 9.71. The van der Waals surface area contributed by atoms with Crippen LogP contribution in [0.15, 0.2) is 72.1 Å². The van der Waals surface area contributed by atoms with E-state index in [4.69, 9.17) is 11.6 Å². The van der Waals surface area contributed by atoms with Crippen molar-refractivity contribution in [1.82, 2.24) is 0 Å². The molecule has 0 saturated heterocycles. The molecule has 0 saturated carbocycles. The van der Waals surface area contributed by atoms with Gasteiger partial charge >= 0.3 is 0 Å². The minimum atomic E-state index is -4.24. The highest BCUT2D eigenvalue weighted by atomic mass is 35.5. The molecule has 0 bridgehead atoms. The van der Waals surface area contributed by atoms with Crippen LogP contribution in [0.4, 0.5) is 11.4 Å². The van der Waals surface area contributed by atoms with Crippen molar-refractivity contribution in [1.29, 1.82) is 0 Å². The minimum absolute atomic E-state index is 0.0248. The Bertz CT molecular complexity index is 1500. The Morgan fingerprint density at radius 1 is 1.11 bits per heavy atom. The molecule has 3 atom stereocenters. The fourth-order valence-electron chi connectivity index (χ4n) is 5.39. The van der Waals surface area contributed by atoms with Crippen molar-refractivity contribution >= 4 is 33.0 Å². The lowest BCUT2D eigenvalue weighted by Crippen LogP contribution is -2.60. The first-order chi connectivity index (χ1) is 16.6. The molecule has 0 fully saturated rings. The van der Waals surface area contributed by atoms with E-state index >= 15 is 0 Å². The van der Waals surface area contributed by atoms with Gasteiger partial charge < -0.3 is 5.32 Å². The summed E-state index contributed by atoms with van der Waals surface area (Å²) in [5.74, 6) is -0.812. The number of aryl methyl sites for hydroxylation is 2. The number of fused-ring (bicyclic) bond motifs is 4. The maximum absolute atomic E-state index is 14.1. The molecule has 0 aromatic heterocycles. The lowest BCUT2D eigenvalue weighted by Gasteiger charge is -2.42. The number of benzene rings is 3. The summed E-state index contributed by atoms with van der Waals surface area (Å²) in [6, 6.07) is 14.9. The van der Waals surface area contributed by atoms with Crippen LogP contribution in [0.2, 0.25) is 5.02 Å². The van der Waals surface area contributed by atoms with Gasteiger partial charge in [0.25, 0.3) is 15.6 Å². The second kappa shape index (κ2) is 7.83. The Morgan fingerprint density at radius 2 is 1.80 bits per heavy atom. The summed E-state index contributed by atoms with van der Waals surface area (Å²) in [5.41, 5.74) is 2.59. The number of nitro groups is 1. The molecule has 2 aliphatic heterocycles. The van der Waals surface area contributed by atoms with E-state index in [1.165, 1.54) is 18.2 Å². The van der Waals surface area contributed by atoms with Crippen LogP contribution in [0.5, 0.6) is 0 Å². The molecule has 3 aromatic carbocycles. The zero-order valence-corrected chi connectivity index (χ0v) is 21.0. The molecule has 0 aliphatic carbocycles. The van der Waals surface area contributed by atoms with Gasteiger partial charge in [-0.25, -0.2) is 12.7 Å². The van der Waals surface area contributed by atoms with Crippen LogP contribution in [-0.2, 0) is 15.6 Å². The molecule has 0 radical (unpaired) electrons. The van der Waals surface area contributed by atoms with Gasteiger partial charge in [-0.2, -0.15) is 0 Å². The van der Waals surface area contributed by atoms with Crippen molar-refractivity contribution in [3.63, 3.8) is 0 Å². The number of nitrogens with zero attached hydrogens (tertiary/aromatic N) is 2. The lowest BCUT2D eigenvalue weighted by molar-refractivity contribution is -0.583. The zero-order valence-electron chi connectivity index (χ0n) is 19.4. The molecule has 2 aliphatic rings. The van der Waals surface area contributed by atoms with Gasteiger partial charge in [0.15, 0.2) is 6.17 Å². The van der Waals surface area contributed by atoms with Crippen LogP contribution in [-0.4, -0.2) is 19.5 Å². The van der Waals surface area contributed by atoms with Gasteiger partial charge in [-0.1, -0.05) is 53.6 Å². The summed E-state index contributed by atoms with van der Waals surface area (Å²) in [7, 11) is -4.24. The Kier molecular flexibility index (Phi) is 5.23. The molecule has 0 spiro atoms. The van der Waals surface area contributed by atoms with Gasteiger partial charge in [0, 0.05) is 10.6 Å². The number of para-hydroxylation sites is 1. The van der Waals surface area contributed by atoms with Gasteiger partial charge in [-0.05, 0) is 61.7 Å². The summed E-state index contributed by atoms with van der Waals surface area (Å²) >= 11 is 6.59. The third-order valence-corrected chi connectivity index (χ3v) is 9.35. The van der Waals surface area contributed by atoms with Crippen molar-refractivity contribution < 1.29 is 13.3 Å². The topological polar surface area (TPSA) is 92.6 Å². The van der Waals surface area contributed by atoms with E-state index in [1.807, 2.05) is 32.9 Å².